The van der Waals surface area contributed by atoms with Gasteiger partial charge in [-0.3, -0.25) is 5.84 Å². The Morgan fingerprint density at radius 3 is 2.60 bits per heavy atom. The lowest BCUT2D eigenvalue weighted by molar-refractivity contribution is 0.477. The van der Waals surface area contributed by atoms with Crippen molar-refractivity contribution in [2.45, 2.75) is 13.0 Å². The van der Waals surface area contributed by atoms with Crippen molar-refractivity contribution < 1.29 is 4.42 Å². The minimum absolute atomic E-state index is 0.261. The lowest BCUT2D eigenvalue weighted by Gasteiger charge is -2.15. The van der Waals surface area contributed by atoms with Crippen molar-refractivity contribution in [3.8, 4) is 0 Å². The van der Waals surface area contributed by atoms with Crippen LogP contribution in [0.2, 0.25) is 0 Å². The van der Waals surface area contributed by atoms with E-state index in [0.717, 1.165) is 27.9 Å². The van der Waals surface area contributed by atoms with Crippen LogP contribution in [0.1, 0.15) is 22.9 Å². The number of hydrogen-bond donors (Lipinski definition) is 3. The molecule has 3 aromatic rings. The summed E-state index contributed by atoms with van der Waals surface area (Å²) >= 11 is 0. The fraction of sp³-hybridized carbons (Fsp3) is 0.125. The minimum Gasteiger partial charge on any atom is -0.459 e. The lowest BCUT2D eigenvalue weighted by Crippen LogP contribution is -2.29. The highest BCUT2D eigenvalue weighted by Gasteiger charge is 2.19. The summed E-state index contributed by atoms with van der Waals surface area (Å²) in [5, 5.41) is 1.06. The molecule has 0 amide bonds. The van der Waals surface area contributed by atoms with Gasteiger partial charge in [0.15, 0.2) is 0 Å². The summed E-state index contributed by atoms with van der Waals surface area (Å²) in [6, 6.07) is 15.4. The molecule has 0 radical (unpaired) electrons. The molecule has 1 heterocycles. The molecule has 0 aliphatic heterocycles. The fourth-order valence-corrected chi connectivity index (χ4v) is 2.47. The number of furan rings is 1. The molecule has 1 unspecified atom stereocenters. The highest BCUT2D eigenvalue weighted by atomic mass is 16.3. The van der Waals surface area contributed by atoms with E-state index in [1.54, 1.807) is 0 Å². The summed E-state index contributed by atoms with van der Waals surface area (Å²) < 4.78 is 5.96. The zero-order valence-corrected chi connectivity index (χ0v) is 11.3. The fourth-order valence-electron chi connectivity index (χ4n) is 2.47. The third-order valence-electron chi connectivity index (χ3n) is 3.52. The first kappa shape index (κ1) is 12.7. The summed E-state index contributed by atoms with van der Waals surface area (Å²) in [6.07, 6.45) is 0. The summed E-state index contributed by atoms with van der Waals surface area (Å²) in [7, 11) is 0. The predicted octanol–water partition coefficient (Wildman–Crippen LogP) is 2.88. The second-order valence-electron chi connectivity index (χ2n) is 4.87. The van der Waals surface area contributed by atoms with Gasteiger partial charge < -0.3 is 10.2 Å². The van der Waals surface area contributed by atoms with E-state index < -0.39 is 0 Å². The topological polar surface area (TPSA) is 77.2 Å². The van der Waals surface area contributed by atoms with Crippen LogP contribution in [0.5, 0.6) is 0 Å². The molecule has 0 saturated carbocycles. The van der Waals surface area contributed by atoms with Crippen molar-refractivity contribution in [2.24, 2.45) is 5.84 Å². The summed E-state index contributed by atoms with van der Waals surface area (Å²) in [6.45, 7) is 2.03. The molecular weight excluding hydrogens is 250 g/mol. The molecule has 0 aliphatic carbocycles. The number of fused-ring (bicyclic) bond motifs is 1. The van der Waals surface area contributed by atoms with E-state index in [2.05, 4.69) is 5.43 Å². The third-order valence-corrected chi connectivity index (χ3v) is 3.52. The Balaban J connectivity index is 2.12. The van der Waals surface area contributed by atoms with Gasteiger partial charge in [-0.2, -0.15) is 0 Å². The van der Waals surface area contributed by atoms with Crippen LogP contribution in [0.4, 0.5) is 5.69 Å². The average molecular weight is 267 g/mol. The van der Waals surface area contributed by atoms with Crippen LogP contribution in [0.15, 0.2) is 52.9 Å². The molecule has 102 valence electrons. The molecule has 1 aromatic heterocycles. The highest BCUT2D eigenvalue weighted by molar-refractivity contribution is 5.81. The molecule has 2 aromatic carbocycles. The van der Waals surface area contributed by atoms with E-state index >= 15 is 0 Å². The molecule has 0 bridgehead atoms. The van der Waals surface area contributed by atoms with E-state index in [1.165, 1.54) is 0 Å². The molecule has 0 saturated heterocycles. The van der Waals surface area contributed by atoms with Gasteiger partial charge in [-0.1, -0.05) is 36.4 Å². The predicted molar refractivity (Wildman–Crippen MR) is 81.0 cm³/mol. The Morgan fingerprint density at radius 1 is 1.10 bits per heavy atom. The van der Waals surface area contributed by atoms with Gasteiger partial charge in [0.2, 0.25) is 0 Å². The van der Waals surface area contributed by atoms with Crippen molar-refractivity contribution in [1.29, 1.82) is 0 Å². The summed E-state index contributed by atoms with van der Waals surface area (Å²) in [5.74, 6) is 6.46. The van der Waals surface area contributed by atoms with Crippen molar-refractivity contribution >= 4 is 16.7 Å². The second-order valence-corrected chi connectivity index (χ2v) is 4.87. The van der Waals surface area contributed by atoms with Crippen molar-refractivity contribution in [1.82, 2.24) is 5.43 Å². The minimum atomic E-state index is -0.261. The van der Waals surface area contributed by atoms with Gasteiger partial charge in [-0.05, 0) is 24.6 Å². The number of nitrogen functional groups attached to an aromatic ring is 1. The van der Waals surface area contributed by atoms with Crippen molar-refractivity contribution in [2.75, 3.05) is 5.73 Å². The number of benzene rings is 2. The van der Waals surface area contributed by atoms with Gasteiger partial charge in [-0.15, -0.1) is 0 Å². The number of hydrogen-bond acceptors (Lipinski definition) is 4. The Bertz CT molecular complexity index is 748. The first-order valence-corrected chi connectivity index (χ1v) is 6.50. The number of hydrazine groups is 1. The summed E-state index contributed by atoms with van der Waals surface area (Å²) in [4.78, 5) is 0. The zero-order valence-electron chi connectivity index (χ0n) is 11.3. The normalized spacial score (nSPS) is 12.7. The number of rotatable bonds is 3. The number of aryl methyl sites for hydroxylation is 1. The maximum absolute atomic E-state index is 6.02. The van der Waals surface area contributed by atoms with Crippen LogP contribution in [0.25, 0.3) is 11.0 Å². The highest BCUT2D eigenvalue weighted by Crippen LogP contribution is 2.31. The largest absolute Gasteiger partial charge is 0.459 e. The lowest BCUT2D eigenvalue weighted by atomic mass is 10.0. The van der Waals surface area contributed by atoms with Gasteiger partial charge in [0.1, 0.15) is 17.4 Å². The van der Waals surface area contributed by atoms with Crippen LogP contribution in [0.3, 0.4) is 0 Å². The molecule has 0 aliphatic rings. The molecule has 1 atom stereocenters. The van der Waals surface area contributed by atoms with E-state index in [1.807, 2.05) is 55.5 Å². The first-order valence-electron chi connectivity index (χ1n) is 6.50. The summed E-state index contributed by atoms with van der Waals surface area (Å²) in [5.41, 5.74) is 12.4. The van der Waals surface area contributed by atoms with E-state index in [4.69, 9.17) is 16.0 Å². The van der Waals surface area contributed by atoms with Crippen molar-refractivity contribution in [3.05, 3.63) is 65.4 Å². The van der Waals surface area contributed by atoms with Crippen LogP contribution < -0.4 is 17.0 Å². The van der Waals surface area contributed by atoms with Crippen LogP contribution in [-0.4, -0.2) is 0 Å². The Kier molecular flexibility index (Phi) is 3.18. The smallest absolute Gasteiger partial charge is 0.137 e. The number of nitrogens with two attached hydrogens (primary N) is 2. The van der Waals surface area contributed by atoms with Crippen LogP contribution in [0, 0.1) is 6.92 Å². The zero-order chi connectivity index (χ0) is 14.1. The molecule has 3 rings (SSSR count). The number of nitrogens with one attached hydrogen (secondary N) is 1. The number of anilines is 1. The average Bonchev–Trinajstić information content (AvgIpc) is 2.87. The number of para-hydroxylation sites is 2. The van der Waals surface area contributed by atoms with Gasteiger partial charge in [0.25, 0.3) is 0 Å². The van der Waals surface area contributed by atoms with E-state index in [-0.39, 0.29) is 6.04 Å². The Hall–Kier alpha value is -2.30. The van der Waals surface area contributed by atoms with Crippen molar-refractivity contribution in [3.63, 3.8) is 0 Å². The monoisotopic (exact) mass is 267 g/mol. The Morgan fingerprint density at radius 2 is 1.90 bits per heavy atom. The molecule has 0 fully saturated rings. The van der Waals surface area contributed by atoms with E-state index in [0.29, 0.717) is 5.69 Å². The molecular formula is C16H17N3O. The first-order chi connectivity index (χ1) is 9.70. The van der Waals surface area contributed by atoms with Crippen LogP contribution >= 0.6 is 0 Å². The molecule has 4 heteroatoms. The van der Waals surface area contributed by atoms with Gasteiger partial charge in [0.05, 0.1) is 0 Å². The standard InChI is InChI=1S/C16H17N3O/c1-10-5-4-6-11-9-14(20-16(10)11)15(19-18)12-7-2-3-8-13(12)17/h2-9,15,19H,17-18H2,1H3. The second kappa shape index (κ2) is 5.00. The molecule has 20 heavy (non-hydrogen) atoms. The maximum atomic E-state index is 6.02. The quantitative estimate of drug-likeness (QED) is 0.387. The molecule has 5 N–H and O–H groups in total. The molecule has 4 nitrogen and oxygen atoms in total. The molecule has 0 spiro atoms. The maximum Gasteiger partial charge on any atom is 0.137 e. The van der Waals surface area contributed by atoms with Crippen LogP contribution in [-0.2, 0) is 0 Å². The van der Waals surface area contributed by atoms with Gasteiger partial charge >= 0.3 is 0 Å². The Labute approximate surface area is 117 Å². The van der Waals surface area contributed by atoms with Gasteiger partial charge in [-0.25, -0.2) is 5.43 Å². The third kappa shape index (κ3) is 2.05. The van der Waals surface area contributed by atoms with Gasteiger partial charge in [0, 0.05) is 16.6 Å². The SMILES string of the molecule is Cc1cccc2cc(C(NN)c3ccccc3N)oc12. The van der Waals surface area contributed by atoms with E-state index in [9.17, 15) is 0 Å².